The van der Waals surface area contributed by atoms with Crippen LogP contribution in [0.5, 0.6) is 0 Å². The fraction of sp³-hybridized carbons (Fsp3) is 0.417. The van der Waals surface area contributed by atoms with Gasteiger partial charge in [-0.2, -0.15) is 13.2 Å². The molecule has 1 aromatic carbocycles. The van der Waals surface area contributed by atoms with Crippen molar-refractivity contribution in [1.29, 1.82) is 0 Å². The number of β-amino-alcohol motifs (C(OH)–C–C–N with tert-alkyl or cyclic N) is 1. The Hall–Kier alpha value is -1.76. The van der Waals surface area contributed by atoms with Gasteiger partial charge in [0.25, 0.3) is 0 Å². The van der Waals surface area contributed by atoms with Gasteiger partial charge >= 0.3 is 6.18 Å². The molecule has 1 aliphatic heterocycles. The number of anilines is 1. The highest BCUT2D eigenvalue weighted by Crippen LogP contribution is 2.32. The van der Waals surface area contributed by atoms with E-state index in [0.29, 0.717) is 12.2 Å². The van der Waals surface area contributed by atoms with Gasteiger partial charge in [-0.15, -0.1) is 0 Å². The minimum Gasteiger partial charge on any atom is -0.394 e. The zero-order chi connectivity index (χ0) is 14.0. The molecule has 0 aromatic heterocycles. The van der Waals surface area contributed by atoms with Crippen LogP contribution in [0.4, 0.5) is 18.9 Å². The van der Waals surface area contributed by atoms with Crippen LogP contribution in [0.1, 0.15) is 12.0 Å². The molecule has 0 unspecified atom stereocenters. The fourth-order valence-corrected chi connectivity index (χ4v) is 2.04. The molecule has 19 heavy (non-hydrogen) atoms. The number of nitrogens with zero attached hydrogens (tertiary/aromatic N) is 2. The molecule has 1 saturated heterocycles. The highest BCUT2D eigenvalue weighted by molar-refractivity contribution is 5.81. The molecule has 0 atom stereocenters. The number of aliphatic hydroxyl groups excluding tert-OH is 1. The molecule has 0 bridgehead atoms. The molecule has 1 fully saturated rings. The number of halogens is 3. The van der Waals surface area contributed by atoms with Crippen LogP contribution in [0, 0.1) is 0 Å². The molecule has 104 valence electrons. The largest absolute Gasteiger partial charge is 0.416 e. The summed E-state index contributed by atoms with van der Waals surface area (Å²) in [4.78, 5) is 11.6. The average Bonchev–Trinajstić information content (AvgIpc) is 2.71. The van der Waals surface area contributed by atoms with Crippen molar-refractivity contribution in [2.45, 2.75) is 12.6 Å². The van der Waals surface area contributed by atoms with E-state index >= 15 is 0 Å². The lowest BCUT2D eigenvalue weighted by Crippen LogP contribution is -2.41. The Morgan fingerprint density at radius 2 is 2.05 bits per heavy atom. The second-order valence-electron chi connectivity index (χ2n) is 4.16. The Balaban J connectivity index is 2.29. The SMILES string of the molecule is O=C1CCN(c2cccc(C(F)(F)F)c2)N1CCO. The van der Waals surface area contributed by atoms with Crippen molar-refractivity contribution in [3.63, 3.8) is 0 Å². The van der Waals surface area contributed by atoms with Crippen LogP contribution in [-0.4, -0.2) is 35.7 Å². The number of carbonyl (C=O) groups excluding carboxylic acids is 1. The predicted molar refractivity (Wildman–Crippen MR) is 62.2 cm³/mol. The lowest BCUT2D eigenvalue weighted by molar-refractivity contribution is -0.137. The summed E-state index contributed by atoms with van der Waals surface area (Å²) in [6, 6.07) is 4.80. The summed E-state index contributed by atoms with van der Waals surface area (Å²) in [7, 11) is 0. The topological polar surface area (TPSA) is 43.8 Å². The summed E-state index contributed by atoms with van der Waals surface area (Å²) < 4.78 is 37.9. The number of alkyl halides is 3. The van der Waals surface area contributed by atoms with Crippen molar-refractivity contribution < 1.29 is 23.1 Å². The van der Waals surface area contributed by atoms with E-state index in [1.54, 1.807) is 0 Å². The molecule has 1 aromatic rings. The van der Waals surface area contributed by atoms with Gasteiger partial charge in [0.05, 0.1) is 24.4 Å². The Kier molecular flexibility index (Phi) is 3.66. The first-order valence-corrected chi connectivity index (χ1v) is 5.79. The summed E-state index contributed by atoms with van der Waals surface area (Å²) in [6.07, 6.45) is -4.18. The molecule has 4 nitrogen and oxygen atoms in total. The molecule has 1 N–H and O–H groups in total. The van der Waals surface area contributed by atoms with Crippen LogP contribution < -0.4 is 5.01 Å². The van der Waals surface area contributed by atoms with Crippen LogP contribution in [0.15, 0.2) is 24.3 Å². The van der Waals surface area contributed by atoms with Crippen molar-refractivity contribution >= 4 is 11.6 Å². The van der Waals surface area contributed by atoms with Gasteiger partial charge in [0.2, 0.25) is 5.91 Å². The van der Waals surface area contributed by atoms with Gasteiger partial charge in [-0.1, -0.05) is 6.07 Å². The monoisotopic (exact) mass is 274 g/mol. The molecule has 1 aliphatic rings. The Morgan fingerprint density at radius 1 is 1.32 bits per heavy atom. The molecule has 0 spiro atoms. The maximum atomic E-state index is 12.6. The number of rotatable bonds is 3. The second kappa shape index (κ2) is 5.08. The highest BCUT2D eigenvalue weighted by atomic mass is 19.4. The van der Waals surface area contributed by atoms with Crippen LogP contribution in [0.25, 0.3) is 0 Å². The highest BCUT2D eigenvalue weighted by Gasteiger charge is 2.33. The summed E-state index contributed by atoms with van der Waals surface area (Å²) in [5.74, 6) is -0.202. The molecule has 0 radical (unpaired) electrons. The molecule has 2 rings (SSSR count). The quantitative estimate of drug-likeness (QED) is 0.911. The van der Waals surface area contributed by atoms with E-state index in [2.05, 4.69) is 0 Å². The molecule has 7 heteroatoms. The van der Waals surface area contributed by atoms with Crippen LogP contribution >= 0.6 is 0 Å². The first kappa shape index (κ1) is 13.7. The van der Waals surface area contributed by atoms with Gasteiger partial charge in [-0.05, 0) is 18.2 Å². The predicted octanol–water partition coefficient (Wildman–Crippen LogP) is 1.65. The number of carbonyl (C=O) groups is 1. The molecular formula is C12H13F3N2O2. The molecule has 1 heterocycles. The summed E-state index contributed by atoms with van der Waals surface area (Å²) in [5, 5.41) is 11.6. The van der Waals surface area contributed by atoms with Crippen molar-refractivity contribution in [3.8, 4) is 0 Å². The van der Waals surface area contributed by atoms with E-state index in [0.717, 1.165) is 12.1 Å². The van der Waals surface area contributed by atoms with Crippen LogP contribution in [0.3, 0.4) is 0 Å². The molecule has 0 saturated carbocycles. The van der Waals surface area contributed by atoms with Crippen molar-refractivity contribution in [2.75, 3.05) is 24.7 Å². The van der Waals surface area contributed by atoms with Gasteiger partial charge in [-0.3, -0.25) is 14.8 Å². The number of hydrogen-bond acceptors (Lipinski definition) is 3. The summed E-state index contributed by atoms with van der Waals surface area (Å²) in [5.41, 5.74) is -0.456. The number of amides is 1. The molecular weight excluding hydrogens is 261 g/mol. The Labute approximate surface area is 108 Å². The minimum atomic E-state index is -4.42. The van der Waals surface area contributed by atoms with Gasteiger partial charge in [0, 0.05) is 13.0 Å². The number of benzene rings is 1. The number of hydrogen-bond donors (Lipinski definition) is 1. The summed E-state index contributed by atoms with van der Waals surface area (Å²) in [6.45, 7) is 0.163. The lowest BCUT2D eigenvalue weighted by atomic mass is 10.2. The van der Waals surface area contributed by atoms with E-state index in [1.165, 1.54) is 22.2 Å². The van der Waals surface area contributed by atoms with E-state index in [9.17, 15) is 18.0 Å². The van der Waals surface area contributed by atoms with Crippen molar-refractivity contribution in [1.82, 2.24) is 5.01 Å². The zero-order valence-electron chi connectivity index (χ0n) is 10.0. The minimum absolute atomic E-state index is 0.0785. The van der Waals surface area contributed by atoms with Crippen molar-refractivity contribution in [3.05, 3.63) is 29.8 Å². The Bertz CT molecular complexity index is 476. The van der Waals surface area contributed by atoms with E-state index < -0.39 is 11.7 Å². The molecule has 1 amide bonds. The van der Waals surface area contributed by atoms with Gasteiger partial charge < -0.3 is 5.11 Å². The second-order valence-corrected chi connectivity index (χ2v) is 4.16. The smallest absolute Gasteiger partial charge is 0.394 e. The third-order valence-electron chi connectivity index (χ3n) is 2.90. The van der Waals surface area contributed by atoms with Crippen LogP contribution in [-0.2, 0) is 11.0 Å². The lowest BCUT2D eigenvalue weighted by Gasteiger charge is -2.29. The van der Waals surface area contributed by atoms with Gasteiger partial charge in [-0.25, -0.2) is 0 Å². The van der Waals surface area contributed by atoms with Crippen LogP contribution in [0.2, 0.25) is 0 Å². The van der Waals surface area contributed by atoms with Gasteiger partial charge in [0.15, 0.2) is 0 Å². The third kappa shape index (κ3) is 2.81. The maximum absolute atomic E-state index is 12.6. The molecule has 0 aliphatic carbocycles. The number of aliphatic hydroxyl groups is 1. The maximum Gasteiger partial charge on any atom is 0.416 e. The van der Waals surface area contributed by atoms with E-state index in [4.69, 9.17) is 5.11 Å². The van der Waals surface area contributed by atoms with E-state index in [1.807, 2.05) is 0 Å². The first-order chi connectivity index (χ1) is 8.93. The van der Waals surface area contributed by atoms with Gasteiger partial charge in [0.1, 0.15) is 0 Å². The standard InChI is InChI=1S/C12H13F3N2O2/c13-12(14,15)9-2-1-3-10(8-9)16-5-4-11(19)17(16)6-7-18/h1-3,8,18H,4-7H2. The summed E-state index contributed by atoms with van der Waals surface area (Å²) >= 11 is 0. The third-order valence-corrected chi connectivity index (χ3v) is 2.90. The first-order valence-electron chi connectivity index (χ1n) is 5.79. The normalized spacial score (nSPS) is 16.3. The average molecular weight is 274 g/mol. The van der Waals surface area contributed by atoms with Crippen molar-refractivity contribution in [2.24, 2.45) is 0 Å². The Morgan fingerprint density at radius 3 is 2.68 bits per heavy atom. The zero-order valence-corrected chi connectivity index (χ0v) is 10.0. The van der Waals surface area contributed by atoms with E-state index in [-0.39, 0.29) is 25.5 Å². The number of hydrazine groups is 1. The fourth-order valence-electron chi connectivity index (χ4n) is 2.04.